The number of carbonyl (C=O) groups is 2. The second kappa shape index (κ2) is 9.92. The van der Waals surface area contributed by atoms with Gasteiger partial charge in [-0.25, -0.2) is 4.79 Å². The van der Waals surface area contributed by atoms with Crippen LogP contribution in [0.25, 0.3) is 0 Å². The van der Waals surface area contributed by atoms with Gasteiger partial charge < -0.3 is 15.0 Å². The van der Waals surface area contributed by atoms with Crippen LogP contribution >= 0.6 is 11.6 Å². The second-order valence-electron chi connectivity index (χ2n) is 7.59. The van der Waals surface area contributed by atoms with Crippen molar-refractivity contribution < 1.29 is 14.3 Å². The summed E-state index contributed by atoms with van der Waals surface area (Å²) >= 11 is 6.03. The van der Waals surface area contributed by atoms with Crippen LogP contribution in [0.3, 0.4) is 0 Å². The number of ether oxygens (including phenoxy) is 1. The van der Waals surface area contributed by atoms with E-state index in [1.165, 1.54) is 0 Å². The Balaban J connectivity index is 1.92. The second-order valence-corrected chi connectivity index (χ2v) is 8.03. The molecule has 0 bridgehead atoms. The number of halogens is 1. The van der Waals surface area contributed by atoms with Crippen molar-refractivity contribution in [2.45, 2.75) is 19.3 Å². The molecule has 0 radical (unpaired) electrons. The quantitative estimate of drug-likeness (QED) is 0.504. The minimum Gasteiger partial charge on any atom is -0.457 e. The molecule has 158 valence electrons. The summed E-state index contributed by atoms with van der Waals surface area (Å²) in [5, 5.41) is 3.83. The highest BCUT2D eigenvalue weighted by Crippen LogP contribution is 2.38. The number of allylic oxidation sites excluding steroid dienone is 3. The van der Waals surface area contributed by atoms with Crippen LogP contribution in [0.5, 0.6) is 0 Å². The minimum absolute atomic E-state index is 0.0224. The molecule has 0 spiro atoms. The van der Waals surface area contributed by atoms with Crippen LogP contribution in [0.15, 0.2) is 72.5 Å². The molecule has 1 amide bonds. The van der Waals surface area contributed by atoms with E-state index in [9.17, 15) is 9.59 Å². The van der Waals surface area contributed by atoms with Gasteiger partial charge in [0.25, 0.3) is 0 Å². The van der Waals surface area contributed by atoms with Gasteiger partial charge in [0.1, 0.15) is 6.61 Å². The summed E-state index contributed by atoms with van der Waals surface area (Å²) in [5.74, 6) is -0.368. The summed E-state index contributed by atoms with van der Waals surface area (Å²) in [4.78, 5) is 27.9. The van der Waals surface area contributed by atoms with E-state index < -0.39 is 5.97 Å². The normalized spacial score (nSPS) is 20.1. The molecule has 1 N–H and O–H groups in total. The van der Waals surface area contributed by atoms with Crippen LogP contribution in [-0.4, -0.2) is 43.0 Å². The number of amides is 1. The molecule has 0 saturated carbocycles. The van der Waals surface area contributed by atoms with E-state index in [2.05, 4.69) is 18.5 Å². The van der Waals surface area contributed by atoms with E-state index in [1.807, 2.05) is 19.1 Å². The van der Waals surface area contributed by atoms with E-state index in [0.29, 0.717) is 28.8 Å². The molecule has 30 heavy (non-hydrogen) atoms. The van der Waals surface area contributed by atoms with Crippen LogP contribution in [0.2, 0.25) is 5.02 Å². The molecular weight excluding hydrogens is 400 g/mol. The van der Waals surface area contributed by atoms with Crippen LogP contribution in [0, 0.1) is 5.92 Å². The summed E-state index contributed by atoms with van der Waals surface area (Å²) in [6.45, 7) is 11.7. The van der Waals surface area contributed by atoms with E-state index in [4.69, 9.17) is 16.3 Å². The first-order chi connectivity index (χ1) is 14.4. The summed E-state index contributed by atoms with van der Waals surface area (Å²) in [7, 11) is 0. The maximum Gasteiger partial charge on any atom is 0.336 e. The highest BCUT2D eigenvalue weighted by molar-refractivity contribution is 6.30. The van der Waals surface area contributed by atoms with Gasteiger partial charge in [-0.05, 0) is 30.2 Å². The highest BCUT2D eigenvalue weighted by atomic mass is 35.5. The third-order valence-electron chi connectivity index (χ3n) is 5.59. The number of nitrogens with one attached hydrogen (secondary N) is 1. The molecular formula is C24H27ClN2O3. The number of nitrogens with zero attached hydrogens (tertiary/aromatic N) is 1. The fraction of sp³-hybridized carbons (Fsp3) is 0.333. The monoisotopic (exact) mass is 426 g/mol. The molecule has 1 unspecified atom stereocenters. The zero-order valence-electron chi connectivity index (χ0n) is 17.2. The van der Waals surface area contributed by atoms with Gasteiger partial charge in [0.2, 0.25) is 5.91 Å². The lowest BCUT2D eigenvalue weighted by atomic mass is 9.83. The Hall–Kier alpha value is -2.63. The Bertz CT molecular complexity index is 898. The average Bonchev–Trinajstić information content (AvgIpc) is 2.69. The lowest BCUT2D eigenvalue weighted by molar-refractivity contribution is -0.139. The molecule has 1 atom stereocenters. The van der Waals surface area contributed by atoms with Gasteiger partial charge >= 0.3 is 5.97 Å². The fourth-order valence-corrected chi connectivity index (χ4v) is 3.89. The Morgan fingerprint density at radius 3 is 2.57 bits per heavy atom. The molecule has 1 aromatic carbocycles. The number of hydrogen-bond acceptors (Lipinski definition) is 4. The van der Waals surface area contributed by atoms with Crippen molar-refractivity contribution in [2.75, 3.05) is 26.2 Å². The van der Waals surface area contributed by atoms with Crippen molar-refractivity contribution in [1.29, 1.82) is 0 Å². The van der Waals surface area contributed by atoms with E-state index in [1.54, 1.807) is 35.3 Å². The third-order valence-corrected chi connectivity index (χ3v) is 5.84. The number of rotatable bonds is 8. The first-order valence-electron chi connectivity index (χ1n) is 10.0. The molecule has 2 aliphatic rings. The number of carbonyl (C=O) groups excluding carboxylic acids is 2. The van der Waals surface area contributed by atoms with Crippen molar-refractivity contribution in [1.82, 2.24) is 10.2 Å². The minimum atomic E-state index is -0.423. The molecule has 1 fully saturated rings. The topological polar surface area (TPSA) is 58.6 Å². The molecule has 3 rings (SSSR count). The fourth-order valence-electron chi connectivity index (χ4n) is 3.77. The van der Waals surface area contributed by atoms with Gasteiger partial charge in [-0.2, -0.15) is 0 Å². The van der Waals surface area contributed by atoms with Gasteiger partial charge in [0, 0.05) is 48.6 Å². The van der Waals surface area contributed by atoms with Crippen molar-refractivity contribution in [3.8, 4) is 0 Å². The predicted molar refractivity (Wildman–Crippen MR) is 119 cm³/mol. The molecule has 0 aliphatic carbocycles. The standard InChI is InChI=1S/C24H27ClN2O3/c1-4-6-17(5-2)15-30-24(29)23-16(3)27(14-18-12-26-13-18)22(28)11-21(23)19-7-9-20(25)10-8-19/h4-10,18,21,26H,1-2,11-15H2,3H3/b17-6+. The zero-order chi connectivity index (χ0) is 21.7. The van der Waals surface area contributed by atoms with Crippen LogP contribution in [0.1, 0.15) is 24.8 Å². The first kappa shape index (κ1) is 22.1. The Labute approximate surface area is 182 Å². The Morgan fingerprint density at radius 2 is 2.00 bits per heavy atom. The molecule has 0 aromatic heterocycles. The lowest BCUT2D eigenvalue weighted by Crippen LogP contribution is -2.50. The van der Waals surface area contributed by atoms with E-state index in [0.717, 1.165) is 24.2 Å². The highest BCUT2D eigenvalue weighted by Gasteiger charge is 2.38. The summed E-state index contributed by atoms with van der Waals surface area (Å²) < 4.78 is 5.60. The van der Waals surface area contributed by atoms with Crippen LogP contribution in [0.4, 0.5) is 0 Å². The van der Waals surface area contributed by atoms with E-state index >= 15 is 0 Å². The zero-order valence-corrected chi connectivity index (χ0v) is 18.0. The number of benzene rings is 1. The van der Waals surface area contributed by atoms with Gasteiger partial charge in [0.15, 0.2) is 0 Å². The molecule has 2 aliphatic heterocycles. The summed E-state index contributed by atoms with van der Waals surface area (Å²) in [6.07, 6.45) is 5.23. The van der Waals surface area contributed by atoms with E-state index in [-0.39, 0.29) is 24.9 Å². The Kier molecular flexibility index (Phi) is 7.29. The molecule has 5 nitrogen and oxygen atoms in total. The van der Waals surface area contributed by atoms with Gasteiger partial charge in [0.05, 0.1) is 5.57 Å². The molecule has 1 saturated heterocycles. The lowest BCUT2D eigenvalue weighted by Gasteiger charge is -2.38. The molecule has 1 aromatic rings. The molecule has 6 heteroatoms. The average molecular weight is 427 g/mol. The number of esters is 1. The molecule has 2 heterocycles. The maximum atomic E-state index is 13.2. The number of hydrogen-bond donors (Lipinski definition) is 1. The van der Waals surface area contributed by atoms with Gasteiger partial charge in [-0.15, -0.1) is 0 Å². The SMILES string of the molecule is C=C/C=C(\C=C)COC(=O)C1=C(C)N(CC2CNC2)C(=O)CC1c1ccc(Cl)cc1. The Morgan fingerprint density at radius 1 is 1.30 bits per heavy atom. The third kappa shape index (κ3) is 4.91. The summed E-state index contributed by atoms with van der Waals surface area (Å²) in [6, 6.07) is 7.27. The van der Waals surface area contributed by atoms with Crippen molar-refractivity contribution >= 4 is 23.5 Å². The predicted octanol–water partition coefficient (Wildman–Crippen LogP) is 3.99. The first-order valence-corrected chi connectivity index (χ1v) is 10.4. The van der Waals surface area contributed by atoms with Gasteiger partial charge in [-0.1, -0.05) is 55.1 Å². The summed E-state index contributed by atoms with van der Waals surface area (Å²) in [5.41, 5.74) is 2.81. The van der Waals surface area contributed by atoms with Crippen molar-refractivity contribution in [2.24, 2.45) is 5.92 Å². The van der Waals surface area contributed by atoms with Crippen LogP contribution in [-0.2, 0) is 14.3 Å². The van der Waals surface area contributed by atoms with Crippen molar-refractivity contribution in [3.63, 3.8) is 0 Å². The largest absolute Gasteiger partial charge is 0.457 e. The van der Waals surface area contributed by atoms with Gasteiger partial charge in [-0.3, -0.25) is 4.79 Å². The van der Waals surface area contributed by atoms with Crippen molar-refractivity contribution in [3.05, 3.63) is 83.1 Å². The maximum absolute atomic E-state index is 13.2. The smallest absolute Gasteiger partial charge is 0.336 e. The van der Waals surface area contributed by atoms with Crippen LogP contribution < -0.4 is 5.32 Å².